The van der Waals surface area contributed by atoms with E-state index in [1.165, 1.54) is 11.8 Å². The lowest BCUT2D eigenvalue weighted by molar-refractivity contribution is -0.167. The van der Waals surface area contributed by atoms with Crippen LogP contribution in [0.1, 0.15) is 58.8 Å². The number of nitrogens with zero attached hydrogens (tertiary/aromatic N) is 1. The zero-order valence-corrected chi connectivity index (χ0v) is 19.6. The third kappa shape index (κ3) is 3.09. The molecule has 1 aromatic heterocycles. The molecule has 0 radical (unpaired) electrons. The molecule has 0 spiro atoms. The summed E-state index contributed by atoms with van der Waals surface area (Å²) in [5.74, 6) is 0.531. The molecule has 6 heteroatoms. The number of allylic oxidation sites excluding steroid dienone is 1. The summed E-state index contributed by atoms with van der Waals surface area (Å²) in [6.07, 6.45) is 7.86. The monoisotopic (exact) mass is 453 g/mol. The molecule has 3 saturated carbocycles. The van der Waals surface area contributed by atoms with Gasteiger partial charge in [0, 0.05) is 30.4 Å². The molecule has 32 heavy (non-hydrogen) atoms. The molecule has 5 rings (SSSR count). The summed E-state index contributed by atoms with van der Waals surface area (Å²) in [5.41, 5.74) is -1.31. The van der Waals surface area contributed by atoms with E-state index in [1.807, 2.05) is 25.1 Å². The number of fused-ring (bicyclic) bond motifs is 5. The number of hydrogen-bond donors (Lipinski definition) is 1. The Kier molecular flexibility index (Phi) is 5.25. The van der Waals surface area contributed by atoms with Crippen molar-refractivity contribution in [3.63, 3.8) is 0 Å². The maximum Gasteiger partial charge on any atom is 0.175 e. The van der Waals surface area contributed by atoms with Crippen LogP contribution in [0.2, 0.25) is 0 Å². The van der Waals surface area contributed by atoms with Crippen LogP contribution >= 0.6 is 11.8 Å². The maximum atomic E-state index is 13.7. The van der Waals surface area contributed by atoms with E-state index < -0.39 is 11.0 Å². The van der Waals surface area contributed by atoms with E-state index in [1.54, 1.807) is 12.3 Å². The third-order valence-corrected chi connectivity index (χ3v) is 10.2. The fourth-order valence-electron chi connectivity index (χ4n) is 7.54. The Morgan fingerprint density at radius 3 is 2.75 bits per heavy atom. The van der Waals surface area contributed by atoms with Crippen LogP contribution in [-0.2, 0) is 14.4 Å². The highest BCUT2D eigenvalue weighted by Crippen LogP contribution is 2.66. The quantitative estimate of drug-likeness (QED) is 0.689. The van der Waals surface area contributed by atoms with E-state index in [9.17, 15) is 19.5 Å². The summed E-state index contributed by atoms with van der Waals surface area (Å²) in [6.45, 7) is 4.14. The minimum absolute atomic E-state index is 0.103. The van der Waals surface area contributed by atoms with Gasteiger partial charge in [-0.1, -0.05) is 37.2 Å². The van der Waals surface area contributed by atoms with Gasteiger partial charge in [-0.25, -0.2) is 4.98 Å². The Balaban J connectivity index is 1.41. The van der Waals surface area contributed by atoms with Gasteiger partial charge in [0.2, 0.25) is 0 Å². The molecule has 4 aliphatic carbocycles. The second kappa shape index (κ2) is 7.63. The van der Waals surface area contributed by atoms with Crippen LogP contribution in [0, 0.1) is 28.6 Å². The number of Topliss-reactive ketones (excluding diaryl/α,β-unsaturated/α-hetero) is 2. The molecule has 0 amide bonds. The van der Waals surface area contributed by atoms with E-state index in [4.69, 9.17) is 0 Å². The minimum Gasteiger partial charge on any atom is -0.381 e. The van der Waals surface area contributed by atoms with Crippen molar-refractivity contribution in [3.05, 3.63) is 36.0 Å². The lowest BCUT2D eigenvalue weighted by Gasteiger charge is -2.57. The van der Waals surface area contributed by atoms with Crippen LogP contribution < -0.4 is 0 Å². The highest BCUT2D eigenvalue weighted by Gasteiger charge is 2.68. The van der Waals surface area contributed by atoms with Crippen molar-refractivity contribution in [1.29, 1.82) is 0 Å². The average Bonchev–Trinajstić information content (AvgIpc) is 3.04. The highest BCUT2D eigenvalue weighted by molar-refractivity contribution is 7.99. The Hall–Kier alpha value is -1.79. The summed E-state index contributed by atoms with van der Waals surface area (Å²) >= 11 is 1.35. The van der Waals surface area contributed by atoms with E-state index >= 15 is 0 Å². The summed E-state index contributed by atoms with van der Waals surface area (Å²) in [4.78, 5) is 43.3. The SMILES string of the molecule is CC12CCC(=O)C=C1CCC1C2C(=O)CC2(C)C1CC[C@]2(O)C(=O)CSc1ccccn1. The molecule has 0 bridgehead atoms. The van der Waals surface area contributed by atoms with Gasteiger partial charge < -0.3 is 5.11 Å². The van der Waals surface area contributed by atoms with Crippen LogP contribution in [-0.4, -0.2) is 38.8 Å². The number of aromatic nitrogens is 1. The van der Waals surface area contributed by atoms with Crippen LogP contribution in [0.5, 0.6) is 0 Å². The van der Waals surface area contributed by atoms with E-state index in [0.29, 0.717) is 12.8 Å². The van der Waals surface area contributed by atoms with Crippen molar-refractivity contribution in [2.24, 2.45) is 28.6 Å². The summed E-state index contributed by atoms with van der Waals surface area (Å²) in [7, 11) is 0. The van der Waals surface area contributed by atoms with Gasteiger partial charge in [-0.05, 0) is 67.6 Å². The largest absolute Gasteiger partial charge is 0.381 e. The Labute approximate surface area is 193 Å². The number of carbonyl (C=O) groups excluding carboxylic acids is 3. The molecular formula is C26H31NO4S. The molecule has 1 aromatic rings. The highest BCUT2D eigenvalue weighted by atomic mass is 32.2. The van der Waals surface area contributed by atoms with Gasteiger partial charge in [0.05, 0.1) is 10.8 Å². The number of pyridine rings is 1. The summed E-state index contributed by atoms with van der Waals surface area (Å²) < 4.78 is 0. The summed E-state index contributed by atoms with van der Waals surface area (Å²) in [6, 6.07) is 5.57. The van der Waals surface area contributed by atoms with Crippen molar-refractivity contribution in [2.75, 3.05) is 5.75 Å². The van der Waals surface area contributed by atoms with Crippen LogP contribution in [0.4, 0.5) is 0 Å². The summed E-state index contributed by atoms with van der Waals surface area (Å²) in [5, 5.41) is 12.5. The van der Waals surface area contributed by atoms with Crippen molar-refractivity contribution in [1.82, 2.24) is 4.98 Å². The van der Waals surface area contributed by atoms with Crippen LogP contribution in [0.25, 0.3) is 0 Å². The molecule has 0 saturated heterocycles. The van der Waals surface area contributed by atoms with Gasteiger partial charge >= 0.3 is 0 Å². The predicted molar refractivity (Wildman–Crippen MR) is 122 cm³/mol. The number of thioether (sulfide) groups is 1. The molecule has 1 N–H and O–H groups in total. The van der Waals surface area contributed by atoms with E-state index in [0.717, 1.165) is 36.3 Å². The average molecular weight is 454 g/mol. The third-order valence-electron chi connectivity index (χ3n) is 9.26. The first-order chi connectivity index (χ1) is 15.2. The van der Waals surface area contributed by atoms with Gasteiger partial charge in [0.1, 0.15) is 11.4 Å². The number of ketones is 3. The van der Waals surface area contributed by atoms with Gasteiger partial charge in [-0.2, -0.15) is 0 Å². The number of aliphatic hydroxyl groups is 1. The fourth-order valence-corrected chi connectivity index (χ4v) is 8.36. The van der Waals surface area contributed by atoms with Crippen molar-refractivity contribution in [2.45, 2.75) is 69.4 Å². The van der Waals surface area contributed by atoms with Gasteiger partial charge in [-0.3, -0.25) is 14.4 Å². The minimum atomic E-state index is -1.47. The first-order valence-corrected chi connectivity index (χ1v) is 12.7. The molecule has 170 valence electrons. The Morgan fingerprint density at radius 1 is 1.19 bits per heavy atom. The maximum absolute atomic E-state index is 13.7. The molecule has 4 aliphatic rings. The first kappa shape index (κ1) is 22.0. The molecule has 0 aromatic carbocycles. The van der Waals surface area contributed by atoms with Gasteiger partial charge in [0.15, 0.2) is 11.6 Å². The second-order valence-electron chi connectivity index (χ2n) is 10.7. The first-order valence-electron chi connectivity index (χ1n) is 11.8. The zero-order valence-electron chi connectivity index (χ0n) is 18.8. The van der Waals surface area contributed by atoms with Gasteiger partial charge in [0.25, 0.3) is 0 Å². The van der Waals surface area contributed by atoms with Crippen LogP contribution in [0.15, 0.2) is 41.1 Å². The lowest BCUT2D eigenvalue weighted by atomic mass is 9.46. The second-order valence-corrected chi connectivity index (χ2v) is 11.7. The topological polar surface area (TPSA) is 84.3 Å². The van der Waals surface area contributed by atoms with Crippen molar-refractivity contribution < 1.29 is 19.5 Å². The Morgan fingerprint density at radius 2 is 2.00 bits per heavy atom. The Bertz CT molecular complexity index is 1010. The molecule has 3 fully saturated rings. The number of rotatable bonds is 4. The molecule has 0 aliphatic heterocycles. The van der Waals surface area contributed by atoms with Gasteiger partial charge in [-0.15, -0.1) is 0 Å². The van der Waals surface area contributed by atoms with E-state index in [2.05, 4.69) is 11.9 Å². The number of carbonyl (C=O) groups is 3. The lowest BCUT2D eigenvalue weighted by Crippen LogP contribution is -2.60. The predicted octanol–water partition coefficient (Wildman–Crippen LogP) is 4.18. The fraction of sp³-hybridized carbons (Fsp3) is 0.615. The van der Waals surface area contributed by atoms with E-state index in [-0.39, 0.29) is 52.7 Å². The smallest absolute Gasteiger partial charge is 0.175 e. The standard InChI is InChI=1S/C26H31NO4S/c1-24-10-8-17(28)13-16(24)6-7-18-19-9-11-26(31,25(19,2)14-20(29)23(18)24)21(30)15-32-22-5-3-4-12-27-22/h3-5,12-13,18-19,23,31H,6-11,14-15H2,1-2H3/t18?,19?,23?,24?,25?,26-/m0/s1. The molecule has 5 nitrogen and oxygen atoms in total. The van der Waals surface area contributed by atoms with Crippen molar-refractivity contribution in [3.8, 4) is 0 Å². The molecule has 1 heterocycles. The number of hydrogen-bond acceptors (Lipinski definition) is 6. The van der Waals surface area contributed by atoms with Crippen molar-refractivity contribution >= 4 is 29.1 Å². The van der Waals surface area contributed by atoms with Crippen LogP contribution in [0.3, 0.4) is 0 Å². The molecule has 5 unspecified atom stereocenters. The molecule has 6 atom stereocenters. The normalized spacial score (nSPS) is 40.8. The molecular weight excluding hydrogens is 422 g/mol. The zero-order chi connectivity index (χ0) is 22.7.